The van der Waals surface area contributed by atoms with E-state index in [1.165, 1.54) is 12.1 Å². The molecule has 1 atom stereocenters. The fourth-order valence-corrected chi connectivity index (χ4v) is 3.06. The normalized spacial score (nSPS) is 20.2. The van der Waals surface area contributed by atoms with Crippen molar-refractivity contribution in [2.75, 3.05) is 7.11 Å². The maximum Gasteiger partial charge on any atom is 0.416 e. The second kappa shape index (κ2) is 6.36. The van der Waals surface area contributed by atoms with Crippen molar-refractivity contribution in [2.24, 2.45) is 0 Å². The van der Waals surface area contributed by atoms with Gasteiger partial charge in [0.15, 0.2) is 0 Å². The molecule has 1 fully saturated rings. The minimum absolute atomic E-state index is 0.311. The van der Waals surface area contributed by atoms with E-state index in [0.29, 0.717) is 12.0 Å². The molecule has 0 saturated heterocycles. The molecule has 0 amide bonds. The van der Waals surface area contributed by atoms with Crippen LogP contribution in [-0.2, 0) is 17.3 Å². The standard InChI is InChI=1S/C16H21F3O2/c1-21-15(9-3-2-4-10-15)14(20)11-12-5-7-13(8-6-12)16(17,18)19/h5-8,14,20H,2-4,9-11H2,1H3. The quantitative estimate of drug-likeness (QED) is 0.912. The highest BCUT2D eigenvalue weighted by Crippen LogP contribution is 2.35. The van der Waals surface area contributed by atoms with E-state index in [4.69, 9.17) is 4.74 Å². The molecule has 1 aliphatic rings. The van der Waals surface area contributed by atoms with Gasteiger partial charge in [0.05, 0.1) is 17.3 Å². The van der Waals surface area contributed by atoms with Crippen molar-refractivity contribution in [3.05, 3.63) is 35.4 Å². The van der Waals surface area contributed by atoms with Crippen molar-refractivity contribution < 1.29 is 23.0 Å². The van der Waals surface area contributed by atoms with E-state index >= 15 is 0 Å². The number of hydrogen-bond acceptors (Lipinski definition) is 2. The Morgan fingerprint density at radius 1 is 1.14 bits per heavy atom. The first-order valence-electron chi connectivity index (χ1n) is 7.27. The molecule has 1 aliphatic carbocycles. The molecule has 118 valence electrons. The average Bonchev–Trinajstić information content (AvgIpc) is 2.47. The largest absolute Gasteiger partial charge is 0.416 e. The molecular weight excluding hydrogens is 281 g/mol. The van der Waals surface area contributed by atoms with Crippen LogP contribution in [0.4, 0.5) is 13.2 Å². The summed E-state index contributed by atoms with van der Waals surface area (Å²) in [5.41, 5.74) is -0.529. The van der Waals surface area contributed by atoms with E-state index in [0.717, 1.165) is 44.2 Å². The maximum absolute atomic E-state index is 12.5. The summed E-state index contributed by atoms with van der Waals surface area (Å²) in [6, 6.07) is 4.97. The number of hydrogen-bond donors (Lipinski definition) is 1. The molecule has 0 heterocycles. The molecule has 1 aromatic carbocycles. The number of methoxy groups -OCH3 is 1. The maximum atomic E-state index is 12.5. The van der Waals surface area contributed by atoms with Gasteiger partial charge in [0.1, 0.15) is 0 Å². The van der Waals surface area contributed by atoms with Crippen molar-refractivity contribution in [3.8, 4) is 0 Å². The highest BCUT2D eigenvalue weighted by Gasteiger charge is 2.39. The average molecular weight is 302 g/mol. The molecule has 0 bridgehead atoms. The summed E-state index contributed by atoms with van der Waals surface area (Å²) in [6.45, 7) is 0. The number of rotatable bonds is 4. The summed E-state index contributed by atoms with van der Waals surface area (Å²) in [6.07, 6.45) is 0.0460. The van der Waals surface area contributed by atoms with Gasteiger partial charge in [-0.2, -0.15) is 13.2 Å². The number of halogens is 3. The molecule has 5 heteroatoms. The van der Waals surface area contributed by atoms with Crippen molar-refractivity contribution >= 4 is 0 Å². The van der Waals surface area contributed by atoms with Gasteiger partial charge in [0.25, 0.3) is 0 Å². The van der Waals surface area contributed by atoms with Crippen molar-refractivity contribution in [2.45, 2.75) is 56.4 Å². The van der Waals surface area contributed by atoms with Crippen LogP contribution in [0.5, 0.6) is 0 Å². The molecule has 1 saturated carbocycles. The second-order valence-corrected chi connectivity index (χ2v) is 5.74. The van der Waals surface area contributed by atoms with Gasteiger partial charge in [0.2, 0.25) is 0 Å². The van der Waals surface area contributed by atoms with E-state index in [-0.39, 0.29) is 0 Å². The number of aliphatic hydroxyl groups is 1. The van der Waals surface area contributed by atoms with E-state index in [9.17, 15) is 18.3 Å². The summed E-state index contributed by atoms with van der Waals surface area (Å²) in [5, 5.41) is 10.5. The monoisotopic (exact) mass is 302 g/mol. The Labute approximate surface area is 122 Å². The molecule has 21 heavy (non-hydrogen) atoms. The van der Waals surface area contributed by atoms with Gasteiger partial charge in [-0.15, -0.1) is 0 Å². The van der Waals surface area contributed by atoms with Gasteiger partial charge < -0.3 is 9.84 Å². The van der Waals surface area contributed by atoms with Gasteiger partial charge in [-0.05, 0) is 30.5 Å². The zero-order chi connectivity index (χ0) is 15.5. The molecule has 1 N–H and O–H groups in total. The highest BCUT2D eigenvalue weighted by atomic mass is 19.4. The third kappa shape index (κ3) is 3.77. The third-order valence-electron chi connectivity index (χ3n) is 4.42. The molecule has 1 aromatic rings. The van der Waals surface area contributed by atoms with Crippen molar-refractivity contribution in [1.29, 1.82) is 0 Å². The number of alkyl halides is 3. The van der Waals surface area contributed by atoms with Crippen LogP contribution in [0.15, 0.2) is 24.3 Å². The van der Waals surface area contributed by atoms with Crippen LogP contribution in [-0.4, -0.2) is 23.9 Å². The molecule has 2 rings (SSSR count). The predicted molar refractivity (Wildman–Crippen MR) is 74.0 cm³/mol. The van der Waals surface area contributed by atoms with Crippen LogP contribution < -0.4 is 0 Å². The van der Waals surface area contributed by atoms with Crippen LogP contribution in [0.1, 0.15) is 43.2 Å². The molecule has 2 nitrogen and oxygen atoms in total. The number of aliphatic hydroxyl groups excluding tert-OH is 1. The first-order valence-corrected chi connectivity index (χ1v) is 7.27. The van der Waals surface area contributed by atoms with Crippen LogP contribution in [0.2, 0.25) is 0 Å². The Bertz CT molecular complexity index is 448. The van der Waals surface area contributed by atoms with Gasteiger partial charge in [-0.25, -0.2) is 0 Å². The molecule has 0 aromatic heterocycles. The van der Waals surface area contributed by atoms with Crippen molar-refractivity contribution in [1.82, 2.24) is 0 Å². The van der Waals surface area contributed by atoms with E-state index in [1.807, 2.05) is 0 Å². The van der Waals surface area contributed by atoms with E-state index in [2.05, 4.69) is 0 Å². The summed E-state index contributed by atoms with van der Waals surface area (Å²) in [4.78, 5) is 0. The summed E-state index contributed by atoms with van der Waals surface area (Å²) < 4.78 is 43.1. The highest BCUT2D eigenvalue weighted by molar-refractivity contribution is 5.25. The topological polar surface area (TPSA) is 29.5 Å². The fraction of sp³-hybridized carbons (Fsp3) is 0.625. The van der Waals surface area contributed by atoms with Crippen LogP contribution in [0, 0.1) is 0 Å². The van der Waals surface area contributed by atoms with Gasteiger partial charge in [-0.3, -0.25) is 0 Å². The fourth-order valence-electron chi connectivity index (χ4n) is 3.06. The molecular formula is C16H21F3O2. The molecule has 1 unspecified atom stereocenters. The number of ether oxygens (including phenoxy) is 1. The van der Waals surface area contributed by atoms with Gasteiger partial charge in [0, 0.05) is 13.5 Å². The molecule has 0 aliphatic heterocycles. The Kier molecular flexibility index (Phi) is 4.94. The van der Waals surface area contributed by atoms with Crippen LogP contribution in [0.3, 0.4) is 0 Å². The van der Waals surface area contributed by atoms with Crippen LogP contribution >= 0.6 is 0 Å². The van der Waals surface area contributed by atoms with Gasteiger partial charge in [-0.1, -0.05) is 31.4 Å². The summed E-state index contributed by atoms with van der Waals surface area (Å²) >= 11 is 0. The minimum atomic E-state index is -4.33. The Balaban J connectivity index is 2.06. The molecule has 0 spiro atoms. The Hall–Kier alpha value is -1.07. The zero-order valence-electron chi connectivity index (χ0n) is 12.1. The smallest absolute Gasteiger partial charge is 0.390 e. The lowest BCUT2D eigenvalue weighted by Gasteiger charge is -2.40. The Morgan fingerprint density at radius 3 is 2.19 bits per heavy atom. The lowest BCUT2D eigenvalue weighted by Crippen LogP contribution is -2.46. The van der Waals surface area contributed by atoms with Crippen LogP contribution in [0.25, 0.3) is 0 Å². The Morgan fingerprint density at radius 2 is 1.71 bits per heavy atom. The second-order valence-electron chi connectivity index (χ2n) is 5.74. The minimum Gasteiger partial charge on any atom is -0.390 e. The third-order valence-corrected chi connectivity index (χ3v) is 4.42. The SMILES string of the molecule is COC1(C(O)Cc2ccc(C(F)(F)F)cc2)CCCCC1. The van der Waals surface area contributed by atoms with E-state index < -0.39 is 23.4 Å². The first kappa shape index (κ1) is 16.3. The zero-order valence-corrected chi connectivity index (χ0v) is 12.1. The van der Waals surface area contributed by atoms with Gasteiger partial charge >= 0.3 is 6.18 Å². The summed E-state index contributed by atoms with van der Waals surface area (Å²) in [7, 11) is 1.60. The van der Waals surface area contributed by atoms with Crippen molar-refractivity contribution in [3.63, 3.8) is 0 Å². The summed E-state index contributed by atoms with van der Waals surface area (Å²) in [5.74, 6) is 0. The first-order chi connectivity index (χ1) is 9.87. The predicted octanol–water partition coefficient (Wildman–Crippen LogP) is 3.96. The molecule has 0 radical (unpaired) electrons. The van der Waals surface area contributed by atoms with E-state index in [1.54, 1.807) is 7.11 Å². The number of benzene rings is 1. The lowest BCUT2D eigenvalue weighted by molar-refractivity contribution is -0.137. The lowest BCUT2D eigenvalue weighted by atomic mass is 9.78.